The van der Waals surface area contributed by atoms with Gasteiger partial charge in [-0.2, -0.15) is 0 Å². The summed E-state index contributed by atoms with van der Waals surface area (Å²) in [5.41, 5.74) is 10.5. The predicted molar refractivity (Wildman–Crippen MR) is 81.6 cm³/mol. The lowest BCUT2D eigenvalue weighted by molar-refractivity contribution is 0.0840. The van der Waals surface area contributed by atoms with Crippen molar-refractivity contribution in [2.75, 3.05) is 6.54 Å². The Hall–Kier alpha value is -1.64. The molecule has 2 atom stereocenters. The van der Waals surface area contributed by atoms with E-state index in [-0.39, 0.29) is 5.41 Å². The fourth-order valence-corrected chi connectivity index (χ4v) is 3.39. The van der Waals surface area contributed by atoms with Crippen LogP contribution >= 0.6 is 0 Å². The van der Waals surface area contributed by atoms with Crippen molar-refractivity contribution < 1.29 is 5.11 Å². The number of nitrogens with two attached hydrogens (primary N) is 1. The van der Waals surface area contributed by atoms with Crippen LogP contribution in [0.5, 0.6) is 0 Å². The number of fused-ring (bicyclic) bond motifs is 1. The molecule has 0 aliphatic heterocycles. The molecule has 0 aromatic heterocycles. The maximum absolute atomic E-state index is 10.9. The van der Waals surface area contributed by atoms with E-state index in [2.05, 4.69) is 25.1 Å². The van der Waals surface area contributed by atoms with Gasteiger partial charge in [-0.15, -0.1) is 0 Å². The molecule has 20 heavy (non-hydrogen) atoms. The topological polar surface area (TPSA) is 46.2 Å². The number of hydrogen-bond acceptors (Lipinski definition) is 2. The standard InChI is InChI=1S/C18H21NO/c1-13-6-8-15(9-7-13)17(20)18(12-19)11-10-14-4-2-3-5-16(14)18/h2-9,17,20H,10-12,19H2,1H3. The van der Waals surface area contributed by atoms with Crippen LogP contribution < -0.4 is 5.73 Å². The Kier molecular flexibility index (Phi) is 3.36. The Morgan fingerprint density at radius 3 is 2.55 bits per heavy atom. The number of aryl methyl sites for hydroxylation is 2. The molecule has 0 heterocycles. The average molecular weight is 267 g/mol. The van der Waals surface area contributed by atoms with Crippen molar-refractivity contribution >= 4 is 0 Å². The molecular formula is C18H21NO. The summed E-state index contributed by atoms with van der Waals surface area (Å²) in [6.07, 6.45) is 1.37. The Bertz CT molecular complexity index is 605. The van der Waals surface area contributed by atoms with Gasteiger partial charge < -0.3 is 10.8 Å². The zero-order valence-electron chi connectivity index (χ0n) is 11.8. The van der Waals surface area contributed by atoms with E-state index in [1.54, 1.807) is 0 Å². The highest BCUT2D eigenvalue weighted by molar-refractivity contribution is 5.43. The molecular weight excluding hydrogens is 246 g/mol. The minimum absolute atomic E-state index is 0.341. The summed E-state index contributed by atoms with van der Waals surface area (Å²) in [6, 6.07) is 16.5. The van der Waals surface area contributed by atoms with Gasteiger partial charge in [-0.25, -0.2) is 0 Å². The third-order valence-electron chi connectivity index (χ3n) is 4.67. The van der Waals surface area contributed by atoms with E-state index in [4.69, 9.17) is 5.73 Å². The molecule has 2 nitrogen and oxygen atoms in total. The number of benzene rings is 2. The zero-order chi connectivity index (χ0) is 14.2. The Morgan fingerprint density at radius 2 is 1.85 bits per heavy atom. The molecule has 2 unspecified atom stereocenters. The van der Waals surface area contributed by atoms with Crippen molar-refractivity contribution in [1.29, 1.82) is 0 Å². The molecule has 2 aromatic carbocycles. The van der Waals surface area contributed by atoms with Gasteiger partial charge in [-0.05, 0) is 36.5 Å². The number of rotatable bonds is 3. The first-order chi connectivity index (χ1) is 9.67. The van der Waals surface area contributed by atoms with Crippen LogP contribution in [0.3, 0.4) is 0 Å². The Morgan fingerprint density at radius 1 is 1.15 bits per heavy atom. The Balaban J connectivity index is 2.04. The van der Waals surface area contributed by atoms with E-state index >= 15 is 0 Å². The summed E-state index contributed by atoms with van der Waals surface area (Å²) in [5, 5.41) is 10.9. The molecule has 0 spiro atoms. The lowest BCUT2D eigenvalue weighted by Crippen LogP contribution is -2.39. The molecule has 104 valence electrons. The maximum Gasteiger partial charge on any atom is 0.0898 e. The highest BCUT2D eigenvalue weighted by Gasteiger charge is 2.43. The van der Waals surface area contributed by atoms with Crippen LogP contribution in [0.15, 0.2) is 48.5 Å². The second-order valence-corrected chi connectivity index (χ2v) is 5.83. The van der Waals surface area contributed by atoms with Crippen molar-refractivity contribution in [2.45, 2.75) is 31.3 Å². The minimum Gasteiger partial charge on any atom is -0.387 e. The fraction of sp³-hybridized carbons (Fsp3) is 0.333. The highest BCUT2D eigenvalue weighted by Crippen LogP contribution is 2.46. The van der Waals surface area contributed by atoms with Gasteiger partial charge in [0.1, 0.15) is 0 Å². The van der Waals surface area contributed by atoms with Gasteiger partial charge in [0, 0.05) is 12.0 Å². The summed E-state index contributed by atoms with van der Waals surface area (Å²) in [6.45, 7) is 2.53. The summed E-state index contributed by atoms with van der Waals surface area (Å²) in [4.78, 5) is 0. The van der Waals surface area contributed by atoms with Gasteiger partial charge in [-0.3, -0.25) is 0 Å². The molecule has 2 aromatic rings. The molecule has 0 amide bonds. The zero-order valence-corrected chi connectivity index (χ0v) is 11.8. The third-order valence-corrected chi connectivity index (χ3v) is 4.67. The van der Waals surface area contributed by atoms with Gasteiger partial charge in [0.2, 0.25) is 0 Å². The molecule has 1 aliphatic carbocycles. The van der Waals surface area contributed by atoms with Gasteiger partial charge in [0.25, 0.3) is 0 Å². The molecule has 1 aliphatic rings. The normalized spacial score (nSPS) is 22.6. The lowest BCUT2D eigenvalue weighted by atomic mass is 9.74. The average Bonchev–Trinajstić information content (AvgIpc) is 2.87. The van der Waals surface area contributed by atoms with Crippen molar-refractivity contribution in [3.63, 3.8) is 0 Å². The monoisotopic (exact) mass is 267 g/mol. The second kappa shape index (κ2) is 5.04. The van der Waals surface area contributed by atoms with Crippen LogP contribution in [0.25, 0.3) is 0 Å². The smallest absolute Gasteiger partial charge is 0.0898 e. The van der Waals surface area contributed by atoms with Crippen LogP contribution in [0, 0.1) is 6.92 Å². The molecule has 0 fully saturated rings. The lowest BCUT2D eigenvalue weighted by Gasteiger charge is -2.34. The quantitative estimate of drug-likeness (QED) is 0.898. The van der Waals surface area contributed by atoms with E-state index in [0.717, 1.165) is 18.4 Å². The van der Waals surface area contributed by atoms with Crippen molar-refractivity contribution in [2.24, 2.45) is 5.73 Å². The van der Waals surface area contributed by atoms with Crippen LogP contribution in [0.4, 0.5) is 0 Å². The first-order valence-electron chi connectivity index (χ1n) is 7.20. The molecule has 0 saturated carbocycles. The molecule has 0 bridgehead atoms. The number of hydrogen-bond donors (Lipinski definition) is 2. The molecule has 3 rings (SSSR count). The van der Waals surface area contributed by atoms with Crippen LogP contribution in [-0.4, -0.2) is 11.7 Å². The summed E-state index contributed by atoms with van der Waals surface area (Å²) < 4.78 is 0. The van der Waals surface area contributed by atoms with E-state index < -0.39 is 6.10 Å². The third kappa shape index (κ3) is 1.96. The summed E-state index contributed by atoms with van der Waals surface area (Å²) in [7, 11) is 0. The Labute approximate surface area is 120 Å². The first kappa shape index (κ1) is 13.3. The second-order valence-electron chi connectivity index (χ2n) is 5.83. The van der Waals surface area contributed by atoms with Crippen molar-refractivity contribution in [3.8, 4) is 0 Å². The minimum atomic E-state index is -0.545. The van der Waals surface area contributed by atoms with E-state index in [9.17, 15) is 5.11 Å². The van der Waals surface area contributed by atoms with E-state index in [1.807, 2.05) is 30.3 Å². The van der Waals surface area contributed by atoms with E-state index in [0.29, 0.717) is 6.54 Å². The fourth-order valence-electron chi connectivity index (χ4n) is 3.39. The molecule has 3 N–H and O–H groups in total. The van der Waals surface area contributed by atoms with Crippen LogP contribution in [-0.2, 0) is 11.8 Å². The van der Waals surface area contributed by atoms with Crippen molar-refractivity contribution in [3.05, 3.63) is 70.8 Å². The van der Waals surface area contributed by atoms with Gasteiger partial charge in [0.05, 0.1) is 6.10 Å². The maximum atomic E-state index is 10.9. The largest absolute Gasteiger partial charge is 0.387 e. The first-order valence-corrected chi connectivity index (χ1v) is 7.20. The van der Waals surface area contributed by atoms with Gasteiger partial charge >= 0.3 is 0 Å². The molecule has 0 radical (unpaired) electrons. The van der Waals surface area contributed by atoms with Gasteiger partial charge in [0.15, 0.2) is 0 Å². The molecule has 0 saturated heterocycles. The van der Waals surface area contributed by atoms with E-state index in [1.165, 1.54) is 16.7 Å². The highest BCUT2D eigenvalue weighted by atomic mass is 16.3. The number of aliphatic hydroxyl groups excluding tert-OH is 1. The predicted octanol–water partition coefficient (Wildman–Crippen LogP) is 2.87. The SMILES string of the molecule is Cc1ccc(C(O)C2(CN)CCc3ccccc32)cc1. The summed E-state index contributed by atoms with van der Waals surface area (Å²) >= 11 is 0. The van der Waals surface area contributed by atoms with Crippen molar-refractivity contribution in [1.82, 2.24) is 0 Å². The molecule has 2 heteroatoms. The number of aliphatic hydroxyl groups is 1. The van der Waals surface area contributed by atoms with Crippen LogP contribution in [0.1, 0.15) is 34.8 Å². The van der Waals surface area contributed by atoms with Crippen LogP contribution in [0.2, 0.25) is 0 Å². The summed E-state index contributed by atoms with van der Waals surface area (Å²) in [5.74, 6) is 0. The van der Waals surface area contributed by atoms with Gasteiger partial charge in [-0.1, -0.05) is 54.1 Å².